The summed E-state index contributed by atoms with van der Waals surface area (Å²) < 4.78 is 24.7. The number of nitrogens with one attached hydrogen (secondary N) is 1. The number of hydrogen-bond donors (Lipinski definition) is 1. The van der Waals surface area contributed by atoms with Crippen LogP contribution in [-0.4, -0.2) is 19.8 Å². The fraction of sp³-hybridized carbons (Fsp3) is 0.529. The zero-order valence-corrected chi connectivity index (χ0v) is 12.4. The predicted octanol–water partition coefficient (Wildman–Crippen LogP) is 4.04. The van der Waals surface area contributed by atoms with Crippen LogP contribution in [0.2, 0.25) is 0 Å². The number of furan rings is 1. The lowest BCUT2D eigenvalue weighted by Crippen LogP contribution is -2.24. The minimum atomic E-state index is -0.225. The van der Waals surface area contributed by atoms with Crippen LogP contribution in [0, 0.1) is 11.7 Å². The van der Waals surface area contributed by atoms with Crippen LogP contribution in [0.3, 0.4) is 0 Å². The number of ether oxygens (including phenoxy) is 1. The third kappa shape index (κ3) is 3.44. The predicted molar refractivity (Wildman–Crippen MR) is 80.7 cm³/mol. The molecule has 2 unspecified atom stereocenters. The van der Waals surface area contributed by atoms with E-state index in [1.807, 2.05) is 6.07 Å². The first-order valence-corrected chi connectivity index (χ1v) is 7.76. The number of rotatable bonds is 6. The molecule has 0 bridgehead atoms. The smallest absolute Gasteiger partial charge is 0.134 e. The maximum atomic E-state index is 13.3. The Morgan fingerprint density at radius 3 is 3.05 bits per heavy atom. The van der Waals surface area contributed by atoms with Crippen molar-refractivity contribution in [3.63, 3.8) is 0 Å². The average Bonchev–Trinajstić information content (AvgIpc) is 3.11. The van der Waals surface area contributed by atoms with E-state index in [-0.39, 0.29) is 11.9 Å². The van der Waals surface area contributed by atoms with Gasteiger partial charge in [-0.25, -0.2) is 4.39 Å². The maximum Gasteiger partial charge on any atom is 0.134 e. The van der Waals surface area contributed by atoms with E-state index in [2.05, 4.69) is 12.2 Å². The monoisotopic (exact) mass is 291 g/mol. The second kappa shape index (κ2) is 6.58. The summed E-state index contributed by atoms with van der Waals surface area (Å²) in [6.45, 7) is 4.79. The van der Waals surface area contributed by atoms with Crippen LogP contribution >= 0.6 is 0 Å². The van der Waals surface area contributed by atoms with Crippen molar-refractivity contribution >= 4 is 11.0 Å². The number of halogens is 1. The molecule has 2 aromatic rings. The lowest BCUT2D eigenvalue weighted by molar-refractivity contribution is 0.180. The first-order chi connectivity index (χ1) is 10.3. The Morgan fingerprint density at radius 2 is 2.29 bits per heavy atom. The molecular weight excluding hydrogens is 269 g/mol. The van der Waals surface area contributed by atoms with Gasteiger partial charge in [-0.15, -0.1) is 0 Å². The van der Waals surface area contributed by atoms with Crippen LogP contribution in [0.25, 0.3) is 11.0 Å². The molecule has 2 atom stereocenters. The van der Waals surface area contributed by atoms with Crippen molar-refractivity contribution in [2.75, 3.05) is 19.8 Å². The minimum absolute atomic E-state index is 0.173. The summed E-state index contributed by atoms with van der Waals surface area (Å²) in [5.41, 5.74) is 0.748. The van der Waals surface area contributed by atoms with Gasteiger partial charge in [0.1, 0.15) is 17.2 Å². The molecule has 21 heavy (non-hydrogen) atoms. The SMILES string of the molecule is CCCNC(CC1CCOC1)c1cc2cc(F)ccc2o1. The van der Waals surface area contributed by atoms with Crippen LogP contribution in [0.15, 0.2) is 28.7 Å². The molecule has 3 rings (SSSR count). The molecule has 0 spiro atoms. The second-order valence-electron chi connectivity index (χ2n) is 5.80. The molecule has 114 valence electrons. The molecular formula is C17H22FNO2. The zero-order chi connectivity index (χ0) is 14.7. The lowest BCUT2D eigenvalue weighted by Gasteiger charge is -2.19. The van der Waals surface area contributed by atoms with Crippen molar-refractivity contribution in [1.29, 1.82) is 0 Å². The average molecular weight is 291 g/mol. The van der Waals surface area contributed by atoms with Gasteiger partial charge in [0.25, 0.3) is 0 Å². The van der Waals surface area contributed by atoms with Crippen molar-refractivity contribution < 1.29 is 13.5 Å². The molecule has 1 fully saturated rings. The van der Waals surface area contributed by atoms with E-state index in [1.54, 1.807) is 6.07 Å². The van der Waals surface area contributed by atoms with Crippen molar-refractivity contribution in [3.8, 4) is 0 Å². The van der Waals surface area contributed by atoms with E-state index < -0.39 is 0 Å². The summed E-state index contributed by atoms with van der Waals surface area (Å²) in [5.74, 6) is 1.25. The molecule has 1 aromatic heterocycles. The highest BCUT2D eigenvalue weighted by Gasteiger charge is 2.24. The highest BCUT2D eigenvalue weighted by molar-refractivity contribution is 5.78. The summed E-state index contributed by atoms with van der Waals surface area (Å²) >= 11 is 0. The minimum Gasteiger partial charge on any atom is -0.459 e. The maximum absolute atomic E-state index is 13.3. The van der Waals surface area contributed by atoms with E-state index in [0.29, 0.717) is 5.92 Å². The molecule has 1 N–H and O–H groups in total. The lowest BCUT2D eigenvalue weighted by atomic mass is 9.97. The quantitative estimate of drug-likeness (QED) is 0.872. The molecule has 3 nitrogen and oxygen atoms in total. The Hall–Kier alpha value is -1.39. The van der Waals surface area contributed by atoms with E-state index in [1.165, 1.54) is 12.1 Å². The molecule has 0 radical (unpaired) electrons. The van der Waals surface area contributed by atoms with Gasteiger partial charge in [-0.05, 0) is 56.0 Å². The Bertz CT molecular complexity index is 589. The van der Waals surface area contributed by atoms with Crippen molar-refractivity contribution in [2.45, 2.75) is 32.2 Å². The van der Waals surface area contributed by atoms with Gasteiger partial charge in [0, 0.05) is 18.6 Å². The van der Waals surface area contributed by atoms with Crippen LogP contribution in [0.1, 0.15) is 38.0 Å². The highest BCUT2D eigenvalue weighted by Crippen LogP contribution is 2.30. The van der Waals surface area contributed by atoms with Crippen molar-refractivity contribution in [1.82, 2.24) is 5.32 Å². The van der Waals surface area contributed by atoms with E-state index in [4.69, 9.17) is 9.15 Å². The number of fused-ring (bicyclic) bond motifs is 1. The summed E-state index contributed by atoms with van der Waals surface area (Å²) in [6, 6.07) is 6.80. The molecule has 0 saturated carbocycles. The van der Waals surface area contributed by atoms with Gasteiger partial charge in [0.2, 0.25) is 0 Å². The number of benzene rings is 1. The van der Waals surface area contributed by atoms with Crippen LogP contribution in [0.4, 0.5) is 4.39 Å². The molecule has 0 aliphatic carbocycles. The Labute approximate surface area is 124 Å². The first-order valence-electron chi connectivity index (χ1n) is 7.76. The third-order valence-corrected chi connectivity index (χ3v) is 4.07. The van der Waals surface area contributed by atoms with Crippen LogP contribution < -0.4 is 5.32 Å². The van der Waals surface area contributed by atoms with E-state index >= 15 is 0 Å². The van der Waals surface area contributed by atoms with Crippen LogP contribution in [0.5, 0.6) is 0 Å². The topological polar surface area (TPSA) is 34.4 Å². The fourth-order valence-electron chi connectivity index (χ4n) is 2.93. The van der Waals surface area contributed by atoms with E-state index in [0.717, 1.165) is 55.8 Å². The third-order valence-electron chi connectivity index (χ3n) is 4.07. The molecule has 4 heteroatoms. The van der Waals surface area contributed by atoms with Gasteiger partial charge in [-0.2, -0.15) is 0 Å². The summed E-state index contributed by atoms with van der Waals surface area (Å²) in [4.78, 5) is 0. The summed E-state index contributed by atoms with van der Waals surface area (Å²) in [5, 5.41) is 4.37. The van der Waals surface area contributed by atoms with Gasteiger partial charge in [-0.1, -0.05) is 6.92 Å². The van der Waals surface area contributed by atoms with Gasteiger partial charge in [-0.3, -0.25) is 0 Å². The standard InChI is InChI=1S/C17H22FNO2/c1-2-6-19-15(8-12-5-7-20-11-12)17-10-13-9-14(18)3-4-16(13)21-17/h3-4,9-10,12,15,19H,2,5-8,11H2,1H3. The summed E-state index contributed by atoms with van der Waals surface area (Å²) in [6.07, 6.45) is 3.19. The molecule has 1 aliphatic rings. The summed E-state index contributed by atoms with van der Waals surface area (Å²) in [7, 11) is 0. The largest absolute Gasteiger partial charge is 0.459 e. The molecule has 2 heterocycles. The van der Waals surface area contributed by atoms with Gasteiger partial charge < -0.3 is 14.5 Å². The van der Waals surface area contributed by atoms with Crippen molar-refractivity contribution in [3.05, 3.63) is 35.8 Å². The normalized spacial score (nSPS) is 20.2. The van der Waals surface area contributed by atoms with Crippen LogP contribution in [-0.2, 0) is 4.74 Å². The zero-order valence-electron chi connectivity index (χ0n) is 12.4. The first kappa shape index (κ1) is 14.5. The van der Waals surface area contributed by atoms with Gasteiger partial charge >= 0.3 is 0 Å². The van der Waals surface area contributed by atoms with E-state index in [9.17, 15) is 4.39 Å². The van der Waals surface area contributed by atoms with Gasteiger partial charge in [0.05, 0.1) is 6.04 Å². The van der Waals surface area contributed by atoms with Crippen molar-refractivity contribution in [2.24, 2.45) is 5.92 Å². The Balaban J connectivity index is 1.81. The van der Waals surface area contributed by atoms with Gasteiger partial charge in [0.15, 0.2) is 0 Å². The molecule has 1 saturated heterocycles. The second-order valence-corrected chi connectivity index (χ2v) is 5.80. The Morgan fingerprint density at radius 1 is 1.38 bits per heavy atom. The molecule has 1 aliphatic heterocycles. The number of hydrogen-bond acceptors (Lipinski definition) is 3. The molecule has 1 aromatic carbocycles. The highest BCUT2D eigenvalue weighted by atomic mass is 19.1. The fourth-order valence-corrected chi connectivity index (χ4v) is 2.93. The Kier molecular flexibility index (Phi) is 4.56. The molecule has 0 amide bonds.